The number of ether oxygens (including phenoxy) is 4. The quantitative estimate of drug-likeness (QED) is 0.0830. The normalized spacial score (nSPS) is 31.7. The van der Waals surface area contributed by atoms with Gasteiger partial charge < -0.3 is 92.6 Å². The number of aromatic hydroxyl groups is 4. The van der Waals surface area contributed by atoms with E-state index in [0.717, 1.165) is 24.3 Å². The zero-order valence-corrected chi connectivity index (χ0v) is 23.6. The van der Waals surface area contributed by atoms with Crippen molar-refractivity contribution >= 4 is 11.0 Å². The summed E-state index contributed by atoms with van der Waals surface area (Å²) in [7, 11) is 0. The molecule has 0 aliphatic carbocycles. The highest BCUT2D eigenvalue weighted by Crippen LogP contribution is 2.45. The number of benzene rings is 2. The van der Waals surface area contributed by atoms with Gasteiger partial charge in [0.25, 0.3) is 0 Å². The van der Waals surface area contributed by atoms with Crippen molar-refractivity contribution in [1.29, 1.82) is 0 Å². The summed E-state index contributed by atoms with van der Waals surface area (Å²) in [5, 5.41) is 121. The van der Waals surface area contributed by atoms with E-state index >= 15 is 0 Å². The van der Waals surface area contributed by atoms with Crippen molar-refractivity contribution in [2.24, 2.45) is 0 Å². The zero-order chi connectivity index (χ0) is 32.0. The van der Waals surface area contributed by atoms with E-state index in [9.17, 15) is 61.3 Å². The molecule has 3 heterocycles. The molecule has 0 bridgehead atoms. The van der Waals surface area contributed by atoms with Crippen LogP contribution in [0.25, 0.3) is 22.3 Å². The van der Waals surface area contributed by atoms with Crippen LogP contribution >= 0.6 is 0 Å². The van der Waals surface area contributed by atoms with Gasteiger partial charge in [-0.2, -0.15) is 0 Å². The summed E-state index contributed by atoms with van der Waals surface area (Å²) >= 11 is 0. The Morgan fingerprint density at radius 1 is 0.622 bits per heavy atom. The molecule has 2 fully saturated rings. The molecule has 5 rings (SSSR count). The zero-order valence-electron chi connectivity index (χ0n) is 22.9. The molecule has 18 heteroatoms. The lowest BCUT2D eigenvalue weighted by Gasteiger charge is -2.39. The Morgan fingerprint density at radius 3 is 1.60 bits per heavy atom. The summed E-state index contributed by atoms with van der Waals surface area (Å²) < 4.78 is 28.2. The Hall–Kier alpha value is -3.46. The lowest BCUT2D eigenvalue weighted by molar-refractivity contribution is -0.277. The summed E-state index contributed by atoms with van der Waals surface area (Å²) in [6.07, 6.45) is -16.8. The minimum atomic E-state index is -1.87. The Morgan fingerprint density at radius 2 is 1.11 bits per heavy atom. The number of phenols is 4. The van der Waals surface area contributed by atoms with Gasteiger partial charge in [0.2, 0.25) is 18.3 Å². The van der Waals surface area contributed by atoms with Crippen LogP contribution in [0.5, 0.6) is 34.5 Å². The number of fused-ring (bicyclic) bond motifs is 1. The van der Waals surface area contributed by atoms with Crippen molar-refractivity contribution in [2.75, 3.05) is 13.2 Å². The minimum absolute atomic E-state index is 0. The molecule has 0 unspecified atom stereocenters. The van der Waals surface area contributed by atoms with Gasteiger partial charge in [0.05, 0.1) is 24.8 Å². The van der Waals surface area contributed by atoms with Gasteiger partial charge >= 0.3 is 11.3 Å². The van der Waals surface area contributed by atoms with Crippen LogP contribution in [0.4, 0.5) is 0 Å². The minimum Gasteiger partial charge on any atom is -1.00 e. The fourth-order valence-corrected chi connectivity index (χ4v) is 4.87. The van der Waals surface area contributed by atoms with E-state index in [0.29, 0.717) is 0 Å². The fourth-order valence-electron chi connectivity index (χ4n) is 4.87. The third-order valence-electron chi connectivity index (χ3n) is 7.32. The molecule has 0 saturated carbocycles. The first-order valence-electron chi connectivity index (χ1n) is 13.2. The lowest BCUT2D eigenvalue weighted by Crippen LogP contribution is -3.00. The molecule has 17 nitrogen and oxygen atoms in total. The number of hydrogen-bond donors (Lipinski definition) is 12. The number of rotatable bonds is 7. The molecule has 2 aliphatic rings. The maximum absolute atomic E-state index is 10.6. The molecular formula is C27H31ClO17. The largest absolute Gasteiger partial charge is 1.00 e. The van der Waals surface area contributed by atoms with Crippen molar-refractivity contribution in [3.63, 3.8) is 0 Å². The van der Waals surface area contributed by atoms with Gasteiger partial charge in [0.1, 0.15) is 65.7 Å². The molecule has 2 saturated heterocycles. The molecule has 45 heavy (non-hydrogen) atoms. The molecule has 2 aromatic carbocycles. The SMILES string of the molecule is OC[C@H]1O[C@@H](Oc2cc3c(O[C@@H]4O[C@H](CO)[C@@H](O)[C@H](O)[C@H]4O)cc(O)cc3[o+]c2-c2cc(O)c(O)c(O)c2)[C@H](O)[C@@H](O)[C@@H]1O.[Cl-]. The second kappa shape index (κ2) is 13.5. The topological polar surface area (TPSA) is 291 Å². The van der Waals surface area contributed by atoms with Crippen LogP contribution in [0.2, 0.25) is 0 Å². The molecule has 0 amide bonds. The third kappa shape index (κ3) is 6.46. The van der Waals surface area contributed by atoms with E-state index in [-0.39, 0.29) is 46.2 Å². The molecule has 248 valence electrons. The summed E-state index contributed by atoms with van der Waals surface area (Å²) in [6.45, 7) is -1.51. The van der Waals surface area contributed by atoms with Gasteiger partial charge in [-0.3, -0.25) is 0 Å². The number of hydrogen-bond acceptors (Lipinski definition) is 16. The highest BCUT2D eigenvalue weighted by molar-refractivity contribution is 5.89. The molecule has 10 atom stereocenters. The highest BCUT2D eigenvalue weighted by atomic mass is 35.5. The van der Waals surface area contributed by atoms with Crippen LogP contribution in [0.3, 0.4) is 0 Å². The Labute approximate surface area is 258 Å². The average molecular weight is 663 g/mol. The predicted octanol–water partition coefficient (Wildman–Crippen LogP) is -5.44. The van der Waals surface area contributed by atoms with Gasteiger partial charge in [-0.15, -0.1) is 0 Å². The highest BCUT2D eigenvalue weighted by Gasteiger charge is 2.47. The number of phenolic OH excluding ortho intramolecular Hbond substituents is 4. The molecule has 3 aromatic rings. The van der Waals surface area contributed by atoms with Crippen LogP contribution in [-0.2, 0) is 9.47 Å². The van der Waals surface area contributed by atoms with E-state index < -0.39 is 97.6 Å². The predicted molar refractivity (Wildman–Crippen MR) is 142 cm³/mol. The third-order valence-corrected chi connectivity index (χ3v) is 7.32. The van der Waals surface area contributed by atoms with E-state index in [1.54, 1.807) is 0 Å². The molecular weight excluding hydrogens is 632 g/mol. The number of aliphatic hydroxyl groups excluding tert-OH is 8. The summed E-state index contributed by atoms with van der Waals surface area (Å²) in [5.74, 6) is -3.72. The summed E-state index contributed by atoms with van der Waals surface area (Å²) in [6, 6.07) is 5.35. The number of aliphatic hydroxyl groups is 8. The van der Waals surface area contributed by atoms with E-state index in [1.165, 1.54) is 6.07 Å². The van der Waals surface area contributed by atoms with Gasteiger partial charge in [0, 0.05) is 24.3 Å². The monoisotopic (exact) mass is 662 g/mol. The Balaban J connectivity index is 0.00000461. The van der Waals surface area contributed by atoms with E-state index in [1.807, 2.05) is 0 Å². The summed E-state index contributed by atoms with van der Waals surface area (Å²) in [5.41, 5.74) is -0.258. The second-order valence-corrected chi connectivity index (χ2v) is 10.3. The van der Waals surface area contributed by atoms with Gasteiger partial charge in [-0.1, -0.05) is 0 Å². The molecule has 0 spiro atoms. The molecule has 2 aliphatic heterocycles. The van der Waals surface area contributed by atoms with Crippen molar-refractivity contribution in [3.05, 3.63) is 30.3 Å². The first-order chi connectivity index (χ1) is 20.8. The van der Waals surface area contributed by atoms with Crippen LogP contribution < -0.4 is 21.9 Å². The van der Waals surface area contributed by atoms with Crippen molar-refractivity contribution in [3.8, 4) is 45.8 Å². The van der Waals surface area contributed by atoms with Crippen molar-refractivity contribution in [2.45, 2.75) is 61.4 Å². The van der Waals surface area contributed by atoms with Crippen LogP contribution in [0.1, 0.15) is 0 Å². The smallest absolute Gasteiger partial charge is 0.402 e. The van der Waals surface area contributed by atoms with Crippen LogP contribution in [0, 0.1) is 0 Å². The Kier molecular flexibility index (Phi) is 10.3. The van der Waals surface area contributed by atoms with Gasteiger partial charge in [-0.25, -0.2) is 4.42 Å². The van der Waals surface area contributed by atoms with Crippen LogP contribution in [-0.4, -0.2) is 136 Å². The first kappa shape index (κ1) is 34.4. The molecule has 12 N–H and O–H groups in total. The summed E-state index contributed by atoms with van der Waals surface area (Å²) in [4.78, 5) is 0. The van der Waals surface area contributed by atoms with Crippen LogP contribution in [0.15, 0.2) is 34.7 Å². The fraction of sp³-hybridized carbons (Fsp3) is 0.444. The standard InChI is InChI=1S/C27H30O17.ClH/c28-6-16-19(34)21(36)23(38)26(43-16)41-14-4-9(30)3-13-10(14)5-15(25(40-13)8-1-11(31)18(33)12(32)2-8)42-27-24(39)22(37)20(35)17(7-29)44-27;/h1-5,16-17,19-24,26-29,34-39H,6-7H2,(H3-,30,31,32,33);1H/t16-,17-,19-,20-,21+,22+,23-,24-,26-,27-;/m1./s1. The molecule has 0 radical (unpaired) electrons. The first-order valence-corrected chi connectivity index (χ1v) is 13.2. The maximum atomic E-state index is 10.6. The van der Waals surface area contributed by atoms with E-state index in [4.69, 9.17) is 23.4 Å². The average Bonchev–Trinajstić information content (AvgIpc) is 2.99. The van der Waals surface area contributed by atoms with Crippen molar-refractivity contribution < 1.29 is 97.0 Å². The van der Waals surface area contributed by atoms with Gasteiger partial charge in [-0.05, 0) is 0 Å². The maximum Gasteiger partial charge on any atom is 0.402 e. The van der Waals surface area contributed by atoms with Gasteiger partial charge in [0.15, 0.2) is 17.2 Å². The Bertz CT molecular complexity index is 1480. The number of halogens is 1. The van der Waals surface area contributed by atoms with Crippen molar-refractivity contribution in [1.82, 2.24) is 0 Å². The van der Waals surface area contributed by atoms with E-state index in [2.05, 4.69) is 0 Å². The second-order valence-electron chi connectivity index (χ2n) is 10.3. The lowest BCUT2D eigenvalue weighted by atomic mass is 9.99. The molecule has 1 aromatic heterocycles.